The van der Waals surface area contributed by atoms with Crippen molar-refractivity contribution in [1.29, 1.82) is 0 Å². The molecule has 15 heavy (non-hydrogen) atoms. The van der Waals surface area contributed by atoms with Crippen LogP contribution in [0.25, 0.3) is 0 Å². The molecule has 1 aromatic rings. The highest BCUT2D eigenvalue weighted by Gasteiger charge is 2.07. The third-order valence-corrected chi connectivity index (χ3v) is 2.07. The first-order chi connectivity index (χ1) is 7.19. The maximum Gasteiger partial charge on any atom is 0.129 e. The monoisotopic (exact) mass is 225 g/mol. The molecule has 0 aliphatic carbocycles. The Hall–Kier alpha value is -1.48. The zero-order valence-electron chi connectivity index (χ0n) is 8.40. The molecule has 1 rings (SSSR count). The average molecular weight is 226 g/mol. The summed E-state index contributed by atoms with van der Waals surface area (Å²) in [5.74, 6) is 0.620. The van der Waals surface area contributed by atoms with Gasteiger partial charge in [0.1, 0.15) is 12.4 Å². The Labute approximate surface area is 93.6 Å². The Morgan fingerprint density at radius 1 is 1.67 bits per heavy atom. The van der Waals surface area contributed by atoms with Crippen LogP contribution in [0.1, 0.15) is 12.5 Å². The quantitative estimate of drug-likeness (QED) is 0.370. The minimum Gasteiger partial charge on any atom is -0.489 e. The summed E-state index contributed by atoms with van der Waals surface area (Å²) in [6, 6.07) is 5.14. The van der Waals surface area contributed by atoms with Crippen LogP contribution in [0, 0.1) is 0 Å². The van der Waals surface area contributed by atoms with Crippen molar-refractivity contribution in [3.8, 4) is 5.75 Å². The highest BCUT2D eigenvalue weighted by Crippen LogP contribution is 2.23. The van der Waals surface area contributed by atoms with Crippen LogP contribution in [0.2, 0.25) is 5.02 Å². The molecule has 0 amide bonds. The fourth-order valence-electron chi connectivity index (χ4n) is 1.11. The Balaban J connectivity index is 3.08. The van der Waals surface area contributed by atoms with E-state index in [1.807, 2.05) is 0 Å². The predicted octanol–water partition coefficient (Wildman–Crippen LogP) is 3.10. The van der Waals surface area contributed by atoms with Gasteiger partial charge in [0.25, 0.3) is 0 Å². The molecule has 0 unspecified atom stereocenters. The third kappa shape index (κ3) is 2.99. The van der Waals surface area contributed by atoms with Gasteiger partial charge >= 0.3 is 0 Å². The Morgan fingerprint density at radius 2 is 2.40 bits per heavy atom. The maximum absolute atomic E-state index is 8.70. The summed E-state index contributed by atoms with van der Waals surface area (Å²) in [5, 5.41) is 12.4. The molecule has 0 aliphatic rings. The van der Waals surface area contributed by atoms with Crippen LogP contribution in [0.4, 0.5) is 0 Å². The molecule has 0 spiro atoms. The summed E-state index contributed by atoms with van der Waals surface area (Å²) in [7, 11) is 0. The number of hydrogen-bond donors (Lipinski definition) is 1. The van der Waals surface area contributed by atoms with Gasteiger partial charge in [-0.25, -0.2) is 0 Å². The van der Waals surface area contributed by atoms with Gasteiger partial charge in [0, 0.05) is 10.6 Å². The molecule has 0 atom stereocenters. The van der Waals surface area contributed by atoms with Crippen molar-refractivity contribution in [2.24, 2.45) is 5.16 Å². The fourth-order valence-corrected chi connectivity index (χ4v) is 1.29. The average Bonchev–Trinajstić information content (AvgIpc) is 2.26. The van der Waals surface area contributed by atoms with E-state index in [1.54, 1.807) is 31.2 Å². The maximum atomic E-state index is 8.70. The molecule has 4 heteroatoms. The lowest BCUT2D eigenvalue weighted by molar-refractivity contribution is 0.318. The smallest absolute Gasteiger partial charge is 0.129 e. The van der Waals surface area contributed by atoms with E-state index in [4.69, 9.17) is 21.5 Å². The molecule has 80 valence electrons. The summed E-state index contributed by atoms with van der Waals surface area (Å²) in [5.41, 5.74) is 1.13. The second kappa shape index (κ2) is 5.41. The van der Waals surface area contributed by atoms with Gasteiger partial charge in [0.2, 0.25) is 0 Å². The van der Waals surface area contributed by atoms with Crippen molar-refractivity contribution in [2.45, 2.75) is 6.92 Å². The minimum atomic E-state index is 0.396. The molecule has 0 saturated heterocycles. The largest absolute Gasteiger partial charge is 0.489 e. The summed E-state index contributed by atoms with van der Waals surface area (Å²) < 4.78 is 5.40. The fraction of sp³-hybridized carbons (Fsp3) is 0.182. The van der Waals surface area contributed by atoms with E-state index in [1.165, 1.54) is 0 Å². The van der Waals surface area contributed by atoms with Crippen LogP contribution < -0.4 is 4.74 Å². The zero-order chi connectivity index (χ0) is 11.3. The van der Waals surface area contributed by atoms with Crippen molar-refractivity contribution in [1.82, 2.24) is 0 Å². The van der Waals surface area contributed by atoms with Gasteiger partial charge in [-0.2, -0.15) is 0 Å². The highest BCUT2D eigenvalue weighted by molar-refractivity contribution is 6.31. The summed E-state index contributed by atoms with van der Waals surface area (Å²) in [4.78, 5) is 0. The number of ether oxygens (including phenoxy) is 1. The lowest BCUT2D eigenvalue weighted by Crippen LogP contribution is -2.02. The number of benzene rings is 1. The zero-order valence-corrected chi connectivity index (χ0v) is 9.16. The first-order valence-electron chi connectivity index (χ1n) is 4.41. The number of oxime groups is 1. The highest BCUT2D eigenvalue weighted by atomic mass is 35.5. The van der Waals surface area contributed by atoms with E-state index < -0.39 is 0 Å². The van der Waals surface area contributed by atoms with Crippen molar-refractivity contribution in [3.05, 3.63) is 41.4 Å². The normalized spacial score (nSPS) is 11.2. The summed E-state index contributed by atoms with van der Waals surface area (Å²) in [6.07, 6.45) is 1.64. The van der Waals surface area contributed by atoms with E-state index in [9.17, 15) is 0 Å². The summed E-state index contributed by atoms with van der Waals surface area (Å²) in [6.45, 7) is 5.63. The van der Waals surface area contributed by atoms with E-state index in [-0.39, 0.29) is 0 Å². The van der Waals surface area contributed by atoms with E-state index in [0.29, 0.717) is 28.7 Å². The number of nitrogens with zero attached hydrogens (tertiary/aromatic N) is 1. The third-order valence-electron chi connectivity index (χ3n) is 1.84. The number of rotatable bonds is 4. The molecule has 0 aliphatic heterocycles. The van der Waals surface area contributed by atoms with Gasteiger partial charge in [0.05, 0.1) is 5.71 Å². The van der Waals surface area contributed by atoms with Crippen molar-refractivity contribution in [3.63, 3.8) is 0 Å². The first-order valence-corrected chi connectivity index (χ1v) is 4.79. The minimum absolute atomic E-state index is 0.396. The molecule has 0 heterocycles. The van der Waals surface area contributed by atoms with Crippen LogP contribution in [0.15, 0.2) is 36.0 Å². The van der Waals surface area contributed by atoms with E-state index in [2.05, 4.69) is 11.7 Å². The second-order valence-electron chi connectivity index (χ2n) is 2.93. The summed E-state index contributed by atoms with van der Waals surface area (Å²) >= 11 is 5.84. The van der Waals surface area contributed by atoms with Crippen LogP contribution >= 0.6 is 11.6 Å². The van der Waals surface area contributed by atoms with Crippen molar-refractivity contribution in [2.75, 3.05) is 6.61 Å². The number of halogens is 1. The van der Waals surface area contributed by atoms with Gasteiger partial charge < -0.3 is 9.94 Å². The SMILES string of the molecule is C=CCOc1ccc(Cl)cc1/C(C)=N/O. The first kappa shape index (κ1) is 11.6. The van der Waals surface area contributed by atoms with Crippen LogP contribution in [0.5, 0.6) is 5.75 Å². The van der Waals surface area contributed by atoms with Crippen molar-refractivity contribution < 1.29 is 9.94 Å². The lowest BCUT2D eigenvalue weighted by Gasteiger charge is -2.09. The van der Waals surface area contributed by atoms with Crippen LogP contribution in [-0.4, -0.2) is 17.5 Å². The Kier molecular flexibility index (Phi) is 4.18. The van der Waals surface area contributed by atoms with E-state index >= 15 is 0 Å². The standard InChI is InChI=1S/C11H12ClNO2/c1-3-6-15-11-5-4-9(12)7-10(11)8(2)13-14/h3-5,7,14H,1,6H2,2H3/b13-8+. The molecule has 0 fully saturated rings. The topological polar surface area (TPSA) is 41.8 Å². The number of hydrogen-bond acceptors (Lipinski definition) is 3. The second-order valence-corrected chi connectivity index (χ2v) is 3.36. The molecular weight excluding hydrogens is 214 g/mol. The van der Waals surface area contributed by atoms with Gasteiger partial charge in [-0.3, -0.25) is 0 Å². The lowest BCUT2D eigenvalue weighted by atomic mass is 10.1. The Morgan fingerprint density at radius 3 is 3.00 bits per heavy atom. The van der Waals surface area contributed by atoms with Crippen molar-refractivity contribution >= 4 is 17.3 Å². The van der Waals surface area contributed by atoms with Gasteiger partial charge in [-0.1, -0.05) is 29.4 Å². The van der Waals surface area contributed by atoms with Gasteiger partial charge in [-0.05, 0) is 25.1 Å². The molecule has 0 bridgehead atoms. The van der Waals surface area contributed by atoms with E-state index in [0.717, 1.165) is 0 Å². The molecule has 0 radical (unpaired) electrons. The Bertz CT molecular complexity index is 388. The molecular formula is C11H12ClNO2. The van der Waals surface area contributed by atoms with Crippen LogP contribution in [0.3, 0.4) is 0 Å². The molecule has 1 aromatic carbocycles. The molecule has 0 saturated carbocycles. The molecule has 1 N–H and O–H groups in total. The molecule has 3 nitrogen and oxygen atoms in total. The van der Waals surface area contributed by atoms with Gasteiger partial charge in [0.15, 0.2) is 0 Å². The molecule has 0 aromatic heterocycles. The van der Waals surface area contributed by atoms with Crippen LogP contribution in [-0.2, 0) is 0 Å². The van der Waals surface area contributed by atoms with Gasteiger partial charge in [-0.15, -0.1) is 0 Å². The predicted molar refractivity (Wildman–Crippen MR) is 61.1 cm³/mol.